The minimum atomic E-state index is 0.427. The van der Waals surface area contributed by atoms with Crippen molar-refractivity contribution in [3.05, 3.63) is 33.6 Å². The topological polar surface area (TPSA) is 64.9 Å². The van der Waals surface area contributed by atoms with Crippen LogP contribution in [-0.2, 0) is 6.54 Å². The minimum Gasteiger partial charge on any atom is -0.435 e. The normalized spacial score (nSPS) is 11.2. The van der Waals surface area contributed by atoms with Crippen molar-refractivity contribution in [2.45, 2.75) is 6.54 Å². The Kier molecular flexibility index (Phi) is 2.58. The Hall–Kier alpha value is -1.43. The molecule has 1 aromatic carbocycles. The average molecular weight is 266 g/mol. The summed E-state index contributed by atoms with van der Waals surface area (Å²) in [5, 5.41) is 3.37. The highest BCUT2D eigenvalue weighted by atomic mass is 35.5. The maximum Gasteiger partial charge on any atom is 0.247 e. The van der Waals surface area contributed by atoms with Crippen LogP contribution >= 0.6 is 22.9 Å². The molecular formula is C11H8ClN3OS. The van der Waals surface area contributed by atoms with E-state index in [1.54, 1.807) is 12.1 Å². The van der Waals surface area contributed by atoms with Crippen molar-refractivity contribution in [2.24, 2.45) is 5.73 Å². The molecule has 0 aliphatic rings. The molecule has 0 atom stereocenters. The Labute approximate surface area is 106 Å². The van der Waals surface area contributed by atoms with Gasteiger partial charge in [0.05, 0.1) is 0 Å². The summed E-state index contributed by atoms with van der Waals surface area (Å²) in [6, 6.07) is 5.34. The number of aromatic nitrogens is 2. The van der Waals surface area contributed by atoms with Gasteiger partial charge in [0.1, 0.15) is 16.2 Å². The summed E-state index contributed by atoms with van der Waals surface area (Å²) < 4.78 is 5.60. The highest BCUT2D eigenvalue weighted by Gasteiger charge is 2.11. The van der Waals surface area contributed by atoms with Gasteiger partial charge in [-0.2, -0.15) is 0 Å². The second kappa shape index (κ2) is 4.10. The number of hydrogen-bond donors (Lipinski definition) is 1. The quantitative estimate of drug-likeness (QED) is 0.773. The summed E-state index contributed by atoms with van der Waals surface area (Å²) in [6.07, 6.45) is 0. The van der Waals surface area contributed by atoms with Crippen molar-refractivity contribution in [1.29, 1.82) is 0 Å². The Morgan fingerprint density at radius 1 is 1.35 bits per heavy atom. The fraction of sp³-hybridized carbons (Fsp3) is 0.0909. The maximum atomic E-state index is 5.88. The van der Waals surface area contributed by atoms with Gasteiger partial charge in [0.15, 0.2) is 5.58 Å². The zero-order valence-corrected chi connectivity index (χ0v) is 10.3. The third kappa shape index (κ3) is 1.93. The van der Waals surface area contributed by atoms with Gasteiger partial charge in [-0.25, -0.2) is 9.97 Å². The second-order valence-electron chi connectivity index (χ2n) is 3.46. The predicted molar refractivity (Wildman–Crippen MR) is 68.0 cm³/mol. The summed E-state index contributed by atoms with van der Waals surface area (Å²) in [6.45, 7) is 0.427. The fourth-order valence-electron chi connectivity index (χ4n) is 1.51. The van der Waals surface area contributed by atoms with Crippen molar-refractivity contribution < 1.29 is 4.42 Å². The molecule has 0 amide bonds. The monoisotopic (exact) mass is 265 g/mol. The first-order valence-electron chi connectivity index (χ1n) is 4.97. The largest absolute Gasteiger partial charge is 0.435 e. The lowest BCUT2D eigenvalue weighted by Gasteiger charge is -1.86. The van der Waals surface area contributed by atoms with Crippen LogP contribution in [0.2, 0.25) is 5.02 Å². The third-order valence-corrected chi connectivity index (χ3v) is 3.40. The van der Waals surface area contributed by atoms with E-state index >= 15 is 0 Å². The molecule has 17 heavy (non-hydrogen) atoms. The van der Waals surface area contributed by atoms with Crippen LogP contribution in [0, 0.1) is 0 Å². The first kappa shape index (κ1) is 10.7. The Balaban J connectivity index is 2.11. The van der Waals surface area contributed by atoms with Crippen LogP contribution in [0.1, 0.15) is 5.01 Å². The smallest absolute Gasteiger partial charge is 0.247 e. The molecule has 4 nitrogen and oxygen atoms in total. The average Bonchev–Trinajstić information content (AvgIpc) is 2.93. The lowest BCUT2D eigenvalue weighted by Crippen LogP contribution is -1.94. The predicted octanol–water partition coefficient (Wildman–Crippen LogP) is 3.06. The number of oxazole rings is 1. The summed E-state index contributed by atoms with van der Waals surface area (Å²) in [5.74, 6) is 0.498. The van der Waals surface area contributed by atoms with Crippen LogP contribution in [-0.4, -0.2) is 9.97 Å². The zero-order valence-electron chi connectivity index (χ0n) is 8.68. The van der Waals surface area contributed by atoms with Gasteiger partial charge in [0, 0.05) is 23.0 Å². The Morgan fingerprint density at radius 2 is 2.24 bits per heavy atom. The van der Waals surface area contributed by atoms with Gasteiger partial charge in [-0.1, -0.05) is 11.6 Å². The number of rotatable bonds is 2. The summed E-state index contributed by atoms with van der Waals surface area (Å²) in [4.78, 5) is 8.67. The molecule has 0 radical (unpaired) electrons. The molecule has 2 N–H and O–H groups in total. The Bertz CT molecular complexity index is 676. The first-order chi connectivity index (χ1) is 8.26. The molecule has 0 aliphatic carbocycles. The van der Waals surface area contributed by atoms with Crippen molar-refractivity contribution in [1.82, 2.24) is 9.97 Å². The van der Waals surface area contributed by atoms with Crippen molar-refractivity contribution in [3.63, 3.8) is 0 Å². The highest BCUT2D eigenvalue weighted by molar-refractivity contribution is 7.09. The number of halogens is 1. The molecule has 0 fully saturated rings. The van der Waals surface area contributed by atoms with Crippen molar-refractivity contribution in [2.75, 3.05) is 0 Å². The molecule has 86 valence electrons. The number of fused-ring (bicyclic) bond motifs is 1. The zero-order chi connectivity index (χ0) is 11.8. The molecule has 3 rings (SSSR count). The van der Waals surface area contributed by atoms with E-state index in [4.69, 9.17) is 21.8 Å². The number of nitrogens with zero attached hydrogens (tertiary/aromatic N) is 2. The summed E-state index contributed by atoms with van der Waals surface area (Å²) in [7, 11) is 0. The molecule has 0 aliphatic heterocycles. The Morgan fingerprint density at radius 3 is 3.00 bits per heavy atom. The lowest BCUT2D eigenvalue weighted by atomic mass is 10.3. The highest BCUT2D eigenvalue weighted by Crippen LogP contribution is 2.27. The van der Waals surface area contributed by atoms with E-state index in [9.17, 15) is 0 Å². The molecule has 6 heteroatoms. The van der Waals surface area contributed by atoms with Gasteiger partial charge in [0.2, 0.25) is 5.89 Å². The molecule has 2 heterocycles. The van der Waals surface area contributed by atoms with Crippen LogP contribution in [0.25, 0.3) is 22.7 Å². The van der Waals surface area contributed by atoms with Gasteiger partial charge >= 0.3 is 0 Å². The molecule has 0 saturated heterocycles. The van der Waals surface area contributed by atoms with Gasteiger partial charge in [-0.15, -0.1) is 11.3 Å². The fourth-order valence-corrected chi connectivity index (χ4v) is 2.32. The van der Waals surface area contributed by atoms with E-state index in [1.807, 2.05) is 11.4 Å². The van der Waals surface area contributed by atoms with Crippen LogP contribution in [0.4, 0.5) is 0 Å². The van der Waals surface area contributed by atoms with Crippen LogP contribution in [0.3, 0.4) is 0 Å². The van der Waals surface area contributed by atoms with E-state index in [2.05, 4.69) is 9.97 Å². The molecule has 0 spiro atoms. The minimum absolute atomic E-state index is 0.427. The summed E-state index contributed by atoms with van der Waals surface area (Å²) in [5.41, 5.74) is 7.66. The number of thiazole rings is 1. The van der Waals surface area contributed by atoms with E-state index < -0.39 is 0 Å². The molecule has 0 unspecified atom stereocenters. The molecular weight excluding hydrogens is 258 g/mol. The van der Waals surface area contributed by atoms with E-state index in [0.717, 1.165) is 10.5 Å². The lowest BCUT2D eigenvalue weighted by molar-refractivity contribution is 0.617. The van der Waals surface area contributed by atoms with Crippen molar-refractivity contribution >= 4 is 34.0 Å². The van der Waals surface area contributed by atoms with E-state index in [1.165, 1.54) is 11.3 Å². The number of benzene rings is 1. The van der Waals surface area contributed by atoms with E-state index in [0.29, 0.717) is 28.7 Å². The third-order valence-electron chi connectivity index (χ3n) is 2.30. The van der Waals surface area contributed by atoms with Crippen molar-refractivity contribution in [3.8, 4) is 11.6 Å². The van der Waals surface area contributed by atoms with Crippen LogP contribution in [0.5, 0.6) is 0 Å². The first-order valence-corrected chi connectivity index (χ1v) is 6.23. The maximum absolute atomic E-state index is 5.88. The van der Waals surface area contributed by atoms with Gasteiger partial charge in [-0.3, -0.25) is 0 Å². The summed E-state index contributed by atoms with van der Waals surface area (Å²) >= 11 is 7.38. The van der Waals surface area contributed by atoms with Crippen LogP contribution in [0.15, 0.2) is 28.0 Å². The van der Waals surface area contributed by atoms with E-state index in [-0.39, 0.29) is 0 Å². The molecule has 2 aromatic heterocycles. The molecule has 0 bridgehead atoms. The van der Waals surface area contributed by atoms with Gasteiger partial charge in [-0.05, 0) is 12.1 Å². The standard InChI is InChI=1S/C11H8ClN3OS/c12-6-1-2-7-9(3-6)16-11(15-7)8-5-17-10(4-13)14-8/h1-3,5H,4,13H2. The number of nitrogens with two attached hydrogens (primary N) is 1. The van der Waals surface area contributed by atoms with Gasteiger partial charge < -0.3 is 10.2 Å². The molecule has 3 aromatic rings. The SMILES string of the molecule is NCc1nc(-c2nc3ccc(Cl)cc3o2)cs1. The van der Waals surface area contributed by atoms with Gasteiger partial charge in [0.25, 0.3) is 0 Å². The second-order valence-corrected chi connectivity index (χ2v) is 4.84. The number of hydrogen-bond acceptors (Lipinski definition) is 5. The molecule has 0 saturated carbocycles. The van der Waals surface area contributed by atoms with Crippen LogP contribution < -0.4 is 5.73 Å².